The monoisotopic (exact) mass is 252 g/mol. The van der Waals surface area contributed by atoms with Gasteiger partial charge in [-0.3, -0.25) is 0 Å². The van der Waals surface area contributed by atoms with E-state index in [0.717, 1.165) is 19.5 Å². The number of aromatic nitrogens is 2. The largest absolute Gasteiger partial charge is 0.478 e. The molecule has 0 aliphatic heterocycles. The third-order valence-corrected chi connectivity index (χ3v) is 3.01. The molecule has 1 atom stereocenters. The van der Waals surface area contributed by atoms with Crippen LogP contribution in [-0.4, -0.2) is 47.7 Å². The van der Waals surface area contributed by atoms with Crippen molar-refractivity contribution in [1.29, 1.82) is 0 Å². The van der Waals surface area contributed by atoms with Gasteiger partial charge in [-0.15, -0.1) is 0 Å². The first-order valence-electron chi connectivity index (χ1n) is 6.57. The summed E-state index contributed by atoms with van der Waals surface area (Å²) >= 11 is 0. The fourth-order valence-corrected chi connectivity index (χ4v) is 1.53. The molecule has 5 nitrogen and oxygen atoms in total. The minimum atomic E-state index is 0.600. The van der Waals surface area contributed by atoms with Crippen LogP contribution in [0, 0.1) is 0 Å². The molecule has 18 heavy (non-hydrogen) atoms. The average Bonchev–Trinajstić information content (AvgIpc) is 2.38. The van der Waals surface area contributed by atoms with Crippen LogP contribution in [-0.2, 0) is 0 Å². The van der Waals surface area contributed by atoms with Gasteiger partial charge in [-0.1, -0.05) is 6.92 Å². The van der Waals surface area contributed by atoms with Gasteiger partial charge in [0.25, 0.3) is 0 Å². The summed E-state index contributed by atoms with van der Waals surface area (Å²) in [5.41, 5.74) is 0. The maximum absolute atomic E-state index is 5.33. The highest BCUT2D eigenvalue weighted by molar-refractivity contribution is 5.27. The molecular weight excluding hydrogens is 228 g/mol. The van der Waals surface area contributed by atoms with Gasteiger partial charge in [0.2, 0.25) is 11.8 Å². The lowest BCUT2D eigenvalue weighted by atomic mass is 10.2. The lowest BCUT2D eigenvalue weighted by Crippen LogP contribution is -2.32. The Morgan fingerprint density at radius 3 is 2.89 bits per heavy atom. The summed E-state index contributed by atoms with van der Waals surface area (Å²) in [7, 11) is 2.13. The SMILES string of the molecule is CCOc1ccnc(NCCN(C)C(C)CC)n1. The molecule has 5 heteroatoms. The molecule has 1 aromatic heterocycles. The Bertz CT molecular complexity index is 346. The molecule has 0 aliphatic carbocycles. The number of ether oxygens (including phenoxy) is 1. The number of hydrogen-bond acceptors (Lipinski definition) is 5. The number of likely N-dealkylation sites (N-methyl/N-ethyl adjacent to an activating group) is 1. The summed E-state index contributed by atoms with van der Waals surface area (Å²) in [6.45, 7) is 8.78. The van der Waals surface area contributed by atoms with Gasteiger partial charge < -0.3 is 15.0 Å². The quantitative estimate of drug-likeness (QED) is 0.767. The number of anilines is 1. The molecule has 102 valence electrons. The standard InChI is InChI=1S/C13H24N4O/c1-5-11(3)17(4)10-9-15-13-14-8-7-12(16-13)18-6-2/h7-8,11H,5-6,9-10H2,1-4H3,(H,14,15,16). The second-order valence-electron chi connectivity index (χ2n) is 4.32. The Labute approximate surface area is 110 Å². The van der Waals surface area contributed by atoms with Crippen LogP contribution >= 0.6 is 0 Å². The van der Waals surface area contributed by atoms with Gasteiger partial charge in [0.15, 0.2) is 0 Å². The summed E-state index contributed by atoms with van der Waals surface area (Å²) in [6, 6.07) is 2.36. The first-order chi connectivity index (χ1) is 8.67. The van der Waals surface area contributed by atoms with Gasteiger partial charge in [-0.2, -0.15) is 4.98 Å². The van der Waals surface area contributed by atoms with Crippen LogP contribution in [0.1, 0.15) is 27.2 Å². The maximum Gasteiger partial charge on any atom is 0.225 e. The highest BCUT2D eigenvalue weighted by Gasteiger charge is 2.06. The van der Waals surface area contributed by atoms with E-state index in [4.69, 9.17) is 4.74 Å². The van der Waals surface area contributed by atoms with Gasteiger partial charge >= 0.3 is 0 Å². The fraction of sp³-hybridized carbons (Fsp3) is 0.692. The molecule has 1 rings (SSSR count). The van der Waals surface area contributed by atoms with E-state index in [2.05, 4.69) is 41.1 Å². The third kappa shape index (κ3) is 4.87. The normalized spacial score (nSPS) is 12.5. The van der Waals surface area contributed by atoms with E-state index in [1.807, 2.05) is 6.92 Å². The molecule has 0 spiro atoms. The first-order valence-corrected chi connectivity index (χ1v) is 6.57. The zero-order valence-corrected chi connectivity index (χ0v) is 11.8. The van der Waals surface area contributed by atoms with E-state index >= 15 is 0 Å². The Hall–Kier alpha value is -1.36. The minimum Gasteiger partial charge on any atom is -0.478 e. The van der Waals surface area contributed by atoms with E-state index in [0.29, 0.717) is 24.5 Å². The second-order valence-corrected chi connectivity index (χ2v) is 4.32. The van der Waals surface area contributed by atoms with Crippen molar-refractivity contribution < 1.29 is 4.74 Å². The van der Waals surface area contributed by atoms with Crippen LogP contribution < -0.4 is 10.1 Å². The Balaban J connectivity index is 2.37. The summed E-state index contributed by atoms with van der Waals surface area (Å²) in [6.07, 6.45) is 2.87. The lowest BCUT2D eigenvalue weighted by molar-refractivity contribution is 0.261. The van der Waals surface area contributed by atoms with Crippen LogP contribution in [0.2, 0.25) is 0 Å². The van der Waals surface area contributed by atoms with Gasteiger partial charge in [-0.05, 0) is 27.3 Å². The van der Waals surface area contributed by atoms with Gasteiger partial charge in [0.05, 0.1) is 6.61 Å². The summed E-state index contributed by atoms with van der Waals surface area (Å²) in [5.74, 6) is 1.24. The van der Waals surface area contributed by atoms with Crippen LogP contribution in [0.5, 0.6) is 5.88 Å². The number of nitrogens with zero attached hydrogens (tertiary/aromatic N) is 3. The summed E-state index contributed by atoms with van der Waals surface area (Å²) in [5, 5.41) is 3.21. The van der Waals surface area contributed by atoms with E-state index in [1.165, 1.54) is 0 Å². The molecule has 0 radical (unpaired) electrons. The molecule has 0 aromatic carbocycles. The van der Waals surface area contributed by atoms with Crippen molar-refractivity contribution in [3.63, 3.8) is 0 Å². The zero-order chi connectivity index (χ0) is 13.4. The number of rotatable bonds is 8. The molecule has 0 bridgehead atoms. The second kappa shape index (κ2) is 7.87. The third-order valence-electron chi connectivity index (χ3n) is 3.01. The molecule has 1 N–H and O–H groups in total. The smallest absolute Gasteiger partial charge is 0.225 e. The average molecular weight is 252 g/mol. The molecular formula is C13H24N4O. The van der Waals surface area contributed by atoms with E-state index in [9.17, 15) is 0 Å². The van der Waals surface area contributed by atoms with Gasteiger partial charge in [0, 0.05) is 31.4 Å². The highest BCUT2D eigenvalue weighted by Crippen LogP contribution is 2.08. The van der Waals surface area contributed by atoms with Crippen molar-refractivity contribution in [3.05, 3.63) is 12.3 Å². The van der Waals surface area contributed by atoms with Crippen LogP contribution in [0.4, 0.5) is 5.95 Å². The van der Waals surface area contributed by atoms with Crippen molar-refractivity contribution in [3.8, 4) is 5.88 Å². The maximum atomic E-state index is 5.33. The Kier molecular flexibility index (Phi) is 6.43. The molecule has 0 amide bonds. The van der Waals surface area contributed by atoms with Crippen LogP contribution in [0.3, 0.4) is 0 Å². The summed E-state index contributed by atoms with van der Waals surface area (Å²) in [4.78, 5) is 10.7. The first kappa shape index (κ1) is 14.7. The molecule has 1 aromatic rings. The fourth-order valence-electron chi connectivity index (χ4n) is 1.53. The van der Waals surface area contributed by atoms with Crippen LogP contribution in [0.25, 0.3) is 0 Å². The number of nitrogens with one attached hydrogen (secondary N) is 1. The van der Waals surface area contributed by atoms with Crippen molar-refractivity contribution in [2.45, 2.75) is 33.2 Å². The van der Waals surface area contributed by atoms with E-state index in [-0.39, 0.29) is 0 Å². The highest BCUT2D eigenvalue weighted by atomic mass is 16.5. The van der Waals surface area contributed by atoms with E-state index < -0.39 is 0 Å². The Morgan fingerprint density at radius 2 is 2.22 bits per heavy atom. The predicted octanol–water partition coefficient (Wildman–Crippen LogP) is 2.02. The molecule has 0 fully saturated rings. The van der Waals surface area contributed by atoms with E-state index in [1.54, 1.807) is 12.3 Å². The van der Waals surface area contributed by atoms with Crippen LogP contribution in [0.15, 0.2) is 12.3 Å². The van der Waals surface area contributed by atoms with Crippen molar-refractivity contribution >= 4 is 5.95 Å². The lowest BCUT2D eigenvalue weighted by Gasteiger charge is -2.23. The van der Waals surface area contributed by atoms with Gasteiger partial charge in [-0.25, -0.2) is 4.98 Å². The van der Waals surface area contributed by atoms with Gasteiger partial charge in [0.1, 0.15) is 0 Å². The molecule has 0 aliphatic rings. The summed E-state index contributed by atoms with van der Waals surface area (Å²) < 4.78 is 5.33. The topological polar surface area (TPSA) is 50.3 Å². The van der Waals surface area contributed by atoms with Crippen molar-refractivity contribution in [2.75, 3.05) is 32.1 Å². The zero-order valence-electron chi connectivity index (χ0n) is 11.8. The molecule has 1 heterocycles. The molecule has 1 unspecified atom stereocenters. The minimum absolute atomic E-state index is 0.600. The molecule has 0 saturated carbocycles. The number of hydrogen-bond donors (Lipinski definition) is 1. The Morgan fingerprint density at radius 1 is 1.44 bits per heavy atom. The van der Waals surface area contributed by atoms with Crippen molar-refractivity contribution in [2.24, 2.45) is 0 Å². The predicted molar refractivity (Wildman–Crippen MR) is 74.1 cm³/mol. The molecule has 0 saturated heterocycles. The van der Waals surface area contributed by atoms with Crippen molar-refractivity contribution in [1.82, 2.24) is 14.9 Å².